The Bertz CT molecular complexity index is 587. The fraction of sp³-hybridized carbons (Fsp3) is 0.133. The molecule has 4 nitrogen and oxygen atoms in total. The summed E-state index contributed by atoms with van der Waals surface area (Å²) in [5.74, 6) is 0.176. The maximum Gasteiger partial charge on any atom is 0.262 e. The summed E-state index contributed by atoms with van der Waals surface area (Å²) in [6.07, 6.45) is 0. The molecule has 0 unspecified atom stereocenters. The summed E-state index contributed by atoms with van der Waals surface area (Å²) in [5.41, 5.74) is 1.25. The molecule has 2 aromatic rings. The summed E-state index contributed by atoms with van der Waals surface area (Å²) in [5, 5.41) is 12.4. The van der Waals surface area contributed by atoms with Gasteiger partial charge in [-0.3, -0.25) is 4.79 Å². The van der Waals surface area contributed by atoms with Crippen LogP contribution in [0.5, 0.6) is 5.75 Å². The second-order valence-corrected chi connectivity index (χ2v) is 4.55. The van der Waals surface area contributed by atoms with E-state index in [0.717, 1.165) is 0 Å². The Morgan fingerprint density at radius 1 is 1.20 bits per heavy atom. The number of hydrogen-bond acceptors (Lipinski definition) is 3. The molecule has 2 aromatic carbocycles. The van der Waals surface area contributed by atoms with E-state index in [1.165, 1.54) is 0 Å². The summed E-state index contributed by atoms with van der Waals surface area (Å²) >= 11 is 5.82. The first-order valence-corrected chi connectivity index (χ1v) is 6.44. The van der Waals surface area contributed by atoms with Crippen LogP contribution in [0.4, 0.5) is 5.69 Å². The van der Waals surface area contributed by atoms with Crippen LogP contribution in [-0.2, 0) is 11.4 Å². The van der Waals surface area contributed by atoms with Crippen molar-refractivity contribution < 1.29 is 14.6 Å². The highest BCUT2D eigenvalue weighted by molar-refractivity contribution is 6.30. The molecule has 0 aromatic heterocycles. The van der Waals surface area contributed by atoms with Crippen LogP contribution in [0.25, 0.3) is 0 Å². The number of aliphatic hydroxyl groups is 1. The SMILES string of the molecule is O=C(COc1ccc(Cl)cc1CO)Nc1ccccc1. The summed E-state index contributed by atoms with van der Waals surface area (Å²) in [6, 6.07) is 14.0. The molecule has 5 heteroatoms. The lowest BCUT2D eigenvalue weighted by molar-refractivity contribution is -0.118. The molecule has 0 saturated heterocycles. The van der Waals surface area contributed by atoms with Crippen molar-refractivity contribution in [2.24, 2.45) is 0 Å². The van der Waals surface area contributed by atoms with Gasteiger partial charge in [-0.25, -0.2) is 0 Å². The van der Waals surface area contributed by atoms with Gasteiger partial charge in [0.05, 0.1) is 6.61 Å². The van der Waals surface area contributed by atoms with Gasteiger partial charge in [0.15, 0.2) is 6.61 Å². The van der Waals surface area contributed by atoms with Gasteiger partial charge in [-0.15, -0.1) is 0 Å². The molecular weight excluding hydrogens is 278 g/mol. The average molecular weight is 292 g/mol. The van der Waals surface area contributed by atoms with E-state index in [4.69, 9.17) is 16.3 Å². The van der Waals surface area contributed by atoms with Crippen LogP contribution < -0.4 is 10.1 Å². The van der Waals surface area contributed by atoms with Gasteiger partial charge in [-0.05, 0) is 30.3 Å². The number of ether oxygens (including phenoxy) is 1. The Morgan fingerprint density at radius 3 is 2.65 bits per heavy atom. The van der Waals surface area contributed by atoms with Gasteiger partial charge in [0.1, 0.15) is 5.75 Å². The van der Waals surface area contributed by atoms with Crippen molar-refractivity contribution in [3.05, 3.63) is 59.1 Å². The van der Waals surface area contributed by atoms with E-state index in [2.05, 4.69) is 5.32 Å². The number of amides is 1. The molecule has 0 aliphatic heterocycles. The van der Waals surface area contributed by atoms with Crippen molar-refractivity contribution in [2.75, 3.05) is 11.9 Å². The first-order chi connectivity index (χ1) is 9.69. The van der Waals surface area contributed by atoms with Crippen LogP contribution in [0.15, 0.2) is 48.5 Å². The highest BCUT2D eigenvalue weighted by atomic mass is 35.5. The minimum atomic E-state index is -0.268. The lowest BCUT2D eigenvalue weighted by atomic mass is 10.2. The molecule has 0 fully saturated rings. The number of carbonyl (C=O) groups excluding carboxylic acids is 1. The highest BCUT2D eigenvalue weighted by Gasteiger charge is 2.07. The normalized spacial score (nSPS) is 10.1. The largest absolute Gasteiger partial charge is 0.483 e. The average Bonchev–Trinajstić information content (AvgIpc) is 2.47. The number of halogens is 1. The van der Waals surface area contributed by atoms with Crippen molar-refractivity contribution in [1.29, 1.82) is 0 Å². The predicted octanol–water partition coefficient (Wildman–Crippen LogP) is 2.85. The molecule has 104 valence electrons. The monoisotopic (exact) mass is 291 g/mol. The molecule has 2 rings (SSSR count). The number of rotatable bonds is 5. The van der Waals surface area contributed by atoms with E-state index in [0.29, 0.717) is 22.0 Å². The second kappa shape index (κ2) is 6.93. The lowest BCUT2D eigenvalue weighted by Gasteiger charge is -2.10. The summed E-state index contributed by atoms with van der Waals surface area (Å²) in [4.78, 5) is 11.7. The number of aliphatic hydroxyl groups excluding tert-OH is 1. The van der Waals surface area contributed by atoms with Crippen LogP contribution in [0, 0.1) is 0 Å². The first kappa shape index (κ1) is 14.4. The predicted molar refractivity (Wildman–Crippen MR) is 77.9 cm³/mol. The van der Waals surface area contributed by atoms with Crippen LogP contribution in [0.1, 0.15) is 5.56 Å². The molecule has 2 N–H and O–H groups in total. The standard InChI is InChI=1S/C15H14ClNO3/c16-12-6-7-14(11(8-12)9-18)20-10-15(19)17-13-4-2-1-3-5-13/h1-8,18H,9-10H2,(H,17,19). The van der Waals surface area contributed by atoms with E-state index in [-0.39, 0.29) is 19.1 Å². The Hall–Kier alpha value is -2.04. The van der Waals surface area contributed by atoms with Crippen molar-refractivity contribution in [1.82, 2.24) is 0 Å². The van der Waals surface area contributed by atoms with Gasteiger partial charge in [-0.1, -0.05) is 29.8 Å². The van der Waals surface area contributed by atoms with Gasteiger partial charge in [0.2, 0.25) is 0 Å². The number of nitrogens with one attached hydrogen (secondary N) is 1. The molecule has 0 bridgehead atoms. The number of anilines is 1. The third kappa shape index (κ3) is 3.98. The van der Waals surface area contributed by atoms with E-state index in [1.54, 1.807) is 30.3 Å². The lowest BCUT2D eigenvalue weighted by Crippen LogP contribution is -2.20. The Morgan fingerprint density at radius 2 is 1.95 bits per heavy atom. The molecular formula is C15H14ClNO3. The third-order valence-corrected chi connectivity index (χ3v) is 2.84. The Labute approximate surface area is 122 Å². The van der Waals surface area contributed by atoms with Crippen LogP contribution in [-0.4, -0.2) is 17.6 Å². The second-order valence-electron chi connectivity index (χ2n) is 4.11. The zero-order valence-electron chi connectivity index (χ0n) is 10.7. The van der Waals surface area contributed by atoms with Crippen LogP contribution in [0.3, 0.4) is 0 Å². The maximum absolute atomic E-state index is 11.7. The summed E-state index contributed by atoms with van der Waals surface area (Å²) < 4.78 is 5.39. The fourth-order valence-corrected chi connectivity index (χ4v) is 1.87. The summed E-state index contributed by atoms with van der Waals surface area (Å²) in [6.45, 7) is -0.334. The molecule has 0 saturated carbocycles. The molecule has 1 amide bonds. The van der Waals surface area contributed by atoms with Crippen molar-refractivity contribution in [3.8, 4) is 5.75 Å². The molecule has 0 spiro atoms. The van der Waals surface area contributed by atoms with Crippen molar-refractivity contribution in [2.45, 2.75) is 6.61 Å². The maximum atomic E-state index is 11.7. The van der Waals surface area contributed by atoms with Gasteiger partial charge in [-0.2, -0.15) is 0 Å². The number of carbonyl (C=O) groups is 1. The number of hydrogen-bond donors (Lipinski definition) is 2. The zero-order valence-corrected chi connectivity index (χ0v) is 11.4. The topological polar surface area (TPSA) is 58.6 Å². The third-order valence-electron chi connectivity index (χ3n) is 2.61. The van der Waals surface area contributed by atoms with E-state index in [1.807, 2.05) is 18.2 Å². The first-order valence-electron chi connectivity index (χ1n) is 6.06. The van der Waals surface area contributed by atoms with Gasteiger partial charge in [0.25, 0.3) is 5.91 Å². The summed E-state index contributed by atoms with van der Waals surface area (Å²) in [7, 11) is 0. The number of para-hydroxylation sites is 1. The molecule has 0 heterocycles. The number of benzene rings is 2. The van der Waals surface area contributed by atoms with Crippen LogP contribution in [0.2, 0.25) is 5.02 Å². The molecule has 0 aliphatic rings. The van der Waals surface area contributed by atoms with Crippen molar-refractivity contribution >= 4 is 23.2 Å². The Balaban J connectivity index is 1.93. The highest BCUT2D eigenvalue weighted by Crippen LogP contribution is 2.22. The minimum Gasteiger partial charge on any atom is -0.483 e. The fourth-order valence-electron chi connectivity index (χ4n) is 1.67. The minimum absolute atomic E-state index is 0.135. The van der Waals surface area contributed by atoms with Gasteiger partial charge < -0.3 is 15.2 Å². The molecule has 0 aliphatic carbocycles. The van der Waals surface area contributed by atoms with E-state index in [9.17, 15) is 9.90 Å². The molecule has 20 heavy (non-hydrogen) atoms. The van der Waals surface area contributed by atoms with Gasteiger partial charge >= 0.3 is 0 Å². The molecule has 0 radical (unpaired) electrons. The quantitative estimate of drug-likeness (QED) is 0.890. The van der Waals surface area contributed by atoms with Crippen molar-refractivity contribution in [3.63, 3.8) is 0 Å². The molecule has 0 atom stereocenters. The Kier molecular flexibility index (Phi) is 4.98. The van der Waals surface area contributed by atoms with E-state index < -0.39 is 0 Å². The smallest absolute Gasteiger partial charge is 0.262 e. The van der Waals surface area contributed by atoms with E-state index >= 15 is 0 Å². The van der Waals surface area contributed by atoms with Crippen LogP contribution >= 0.6 is 11.6 Å². The zero-order chi connectivity index (χ0) is 14.4. The van der Waals surface area contributed by atoms with Gasteiger partial charge in [0, 0.05) is 16.3 Å².